The predicted octanol–water partition coefficient (Wildman–Crippen LogP) is 2.85. The SMILES string of the molecule is Cc1ccccc1C(CC(F)(F)F)NC(=O)N1CCc2nn(C)c(=O)cc2C1. The standard InChI is InChI=1S/C19H21F3N4O2/c1-12-5-3-4-6-14(12)16(10-19(20,21)22)23-18(28)26-8-7-15-13(11-26)9-17(27)25(2)24-15/h3-6,9,16H,7-8,10-11H2,1-2H3,(H,23,28). The fraction of sp³-hybridized carbons (Fsp3) is 0.421. The average molecular weight is 394 g/mol. The highest BCUT2D eigenvalue weighted by molar-refractivity contribution is 5.75. The second-order valence-electron chi connectivity index (χ2n) is 6.93. The number of aryl methyl sites for hydroxylation is 2. The van der Waals surface area contributed by atoms with Gasteiger partial charge in [0.25, 0.3) is 5.56 Å². The molecule has 3 rings (SSSR count). The van der Waals surface area contributed by atoms with Gasteiger partial charge in [-0.25, -0.2) is 9.48 Å². The number of halogens is 3. The van der Waals surface area contributed by atoms with E-state index >= 15 is 0 Å². The number of fused-ring (bicyclic) bond motifs is 1. The molecule has 0 saturated heterocycles. The molecule has 0 spiro atoms. The Balaban J connectivity index is 1.79. The van der Waals surface area contributed by atoms with Gasteiger partial charge in [-0.1, -0.05) is 24.3 Å². The third kappa shape index (κ3) is 4.52. The van der Waals surface area contributed by atoms with Gasteiger partial charge in [0.1, 0.15) is 0 Å². The van der Waals surface area contributed by atoms with Gasteiger partial charge < -0.3 is 10.2 Å². The summed E-state index contributed by atoms with van der Waals surface area (Å²) in [5.41, 5.74) is 2.15. The number of alkyl halides is 3. The second-order valence-corrected chi connectivity index (χ2v) is 6.93. The number of benzene rings is 1. The van der Waals surface area contributed by atoms with E-state index in [9.17, 15) is 22.8 Å². The van der Waals surface area contributed by atoms with Crippen molar-refractivity contribution < 1.29 is 18.0 Å². The van der Waals surface area contributed by atoms with E-state index in [1.807, 2.05) is 0 Å². The summed E-state index contributed by atoms with van der Waals surface area (Å²) in [6, 6.07) is 6.32. The molecule has 1 aromatic carbocycles. The zero-order chi connectivity index (χ0) is 20.5. The lowest BCUT2D eigenvalue weighted by atomic mass is 9.98. The summed E-state index contributed by atoms with van der Waals surface area (Å²) < 4.78 is 40.5. The summed E-state index contributed by atoms with van der Waals surface area (Å²) >= 11 is 0. The molecule has 1 unspecified atom stereocenters. The third-order valence-corrected chi connectivity index (χ3v) is 4.82. The first-order valence-electron chi connectivity index (χ1n) is 8.88. The van der Waals surface area contributed by atoms with E-state index < -0.39 is 24.7 Å². The van der Waals surface area contributed by atoms with E-state index in [0.717, 1.165) is 5.69 Å². The zero-order valence-corrected chi connectivity index (χ0v) is 15.6. The van der Waals surface area contributed by atoms with Crippen LogP contribution in [-0.2, 0) is 20.0 Å². The highest BCUT2D eigenvalue weighted by Gasteiger charge is 2.35. The molecule has 1 N–H and O–H groups in total. The molecule has 1 aromatic heterocycles. The first kappa shape index (κ1) is 19.9. The Bertz CT molecular complexity index is 940. The van der Waals surface area contributed by atoms with Crippen molar-refractivity contribution in [3.63, 3.8) is 0 Å². The molecule has 28 heavy (non-hydrogen) atoms. The molecule has 2 aromatic rings. The predicted molar refractivity (Wildman–Crippen MR) is 96.7 cm³/mol. The number of rotatable bonds is 3. The Kier molecular flexibility index (Phi) is 5.44. The van der Waals surface area contributed by atoms with Crippen molar-refractivity contribution in [1.29, 1.82) is 0 Å². The molecule has 2 amide bonds. The lowest BCUT2D eigenvalue weighted by Crippen LogP contribution is -2.45. The topological polar surface area (TPSA) is 67.2 Å². The molecular formula is C19H21F3N4O2. The quantitative estimate of drug-likeness (QED) is 0.871. The summed E-state index contributed by atoms with van der Waals surface area (Å²) in [4.78, 5) is 25.9. The largest absolute Gasteiger partial charge is 0.391 e. The lowest BCUT2D eigenvalue weighted by Gasteiger charge is -2.31. The van der Waals surface area contributed by atoms with Gasteiger partial charge in [0, 0.05) is 38.2 Å². The van der Waals surface area contributed by atoms with Crippen LogP contribution >= 0.6 is 0 Å². The maximum Gasteiger partial charge on any atom is 0.391 e. The number of hydrogen-bond acceptors (Lipinski definition) is 3. The van der Waals surface area contributed by atoms with Crippen LogP contribution in [0.15, 0.2) is 35.1 Å². The van der Waals surface area contributed by atoms with Gasteiger partial charge in [-0.05, 0) is 18.1 Å². The Morgan fingerprint density at radius 3 is 2.71 bits per heavy atom. The molecule has 150 valence electrons. The molecule has 1 atom stereocenters. The maximum absolute atomic E-state index is 13.1. The van der Waals surface area contributed by atoms with Gasteiger partial charge in [0.2, 0.25) is 0 Å². The Morgan fingerprint density at radius 2 is 2.04 bits per heavy atom. The van der Waals surface area contributed by atoms with Gasteiger partial charge in [0.15, 0.2) is 0 Å². The molecule has 9 heteroatoms. The van der Waals surface area contributed by atoms with Crippen molar-refractivity contribution in [3.05, 3.63) is 63.1 Å². The van der Waals surface area contributed by atoms with Crippen LogP contribution < -0.4 is 10.9 Å². The van der Waals surface area contributed by atoms with E-state index in [2.05, 4.69) is 10.4 Å². The summed E-state index contributed by atoms with van der Waals surface area (Å²) in [7, 11) is 1.55. The van der Waals surface area contributed by atoms with Gasteiger partial charge in [-0.2, -0.15) is 18.3 Å². The van der Waals surface area contributed by atoms with Crippen molar-refractivity contribution in [2.75, 3.05) is 6.54 Å². The normalized spacial score (nSPS) is 15.1. The smallest absolute Gasteiger partial charge is 0.331 e. The van der Waals surface area contributed by atoms with Crippen molar-refractivity contribution in [2.45, 2.75) is 38.5 Å². The number of hydrogen-bond donors (Lipinski definition) is 1. The van der Waals surface area contributed by atoms with E-state index in [1.165, 1.54) is 15.6 Å². The van der Waals surface area contributed by atoms with Gasteiger partial charge >= 0.3 is 12.2 Å². The van der Waals surface area contributed by atoms with Crippen LogP contribution in [0.1, 0.15) is 34.8 Å². The Labute approximate surface area is 160 Å². The van der Waals surface area contributed by atoms with Crippen LogP contribution in [-0.4, -0.2) is 33.4 Å². The van der Waals surface area contributed by atoms with E-state index in [0.29, 0.717) is 29.7 Å². The molecule has 6 nitrogen and oxygen atoms in total. The van der Waals surface area contributed by atoms with Gasteiger partial charge in [-0.15, -0.1) is 0 Å². The molecule has 0 aliphatic carbocycles. The van der Waals surface area contributed by atoms with Crippen molar-refractivity contribution in [3.8, 4) is 0 Å². The number of amides is 2. The minimum atomic E-state index is -4.43. The van der Waals surface area contributed by atoms with E-state index in [4.69, 9.17) is 0 Å². The first-order chi connectivity index (χ1) is 13.1. The summed E-state index contributed by atoms with van der Waals surface area (Å²) in [6.07, 6.45) is -5.15. The average Bonchev–Trinajstić information content (AvgIpc) is 2.61. The van der Waals surface area contributed by atoms with Crippen LogP contribution in [0.25, 0.3) is 0 Å². The minimum Gasteiger partial charge on any atom is -0.331 e. The highest BCUT2D eigenvalue weighted by atomic mass is 19.4. The van der Waals surface area contributed by atoms with E-state index in [1.54, 1.807) is 38.2 Å². The summed E-state index contributed by atoms with van der Waals surface area (Å²) in [6.45, 7) is 2.16. The Morgan fingerprint density at radius 1 is 1.32 bits per heavy atom. The van der Waals surface area contributed by atoms with Crippen LogP contribution in [0.5, 0.6) is 0 Å². The third-order valence-electron chi connectivity index (χ3n) is 4.82. The van der Waals surface area contributed by atoms with Crippen LogP contribution in [0.3, 0.4) is 0 Å². The van der Waals surface area contributed by atoms with Crippen molar-refractivity contribution in [2.24, 2.45) is 7.05 Å². The number of carbonyl (C=O) groups is 1. The number of urea groups is 1. The zero-order valence-electron chi connectivity index (χ0n) is 15.6. The molecule has 0 fully saturated rings. The molecule has 1 aliphatic heterocycles. The van der Waals surface area contributed by atoms with Gasteiger partial charge in [-0.3, -0.25) is 4.79 Å². The number of nitrogens with one attached hydrogen (secondary N) is 1. The second kappa shape index (κ2) is 7.65. The fourth-order valence-electron chi connectivity index (χ4n) is 3.35. The highest BCUT2D eigenvalue weighted by Crippen LogP contribution is 2.31. The van der Waals surface area contributed by atoms with E-state index in [-0.39, 0.29) is 12.1 Å². The lowest BCUT2D eigenvalue weighted by molar-refractivity contribution is -0.139. The van der Waals surface area contributed by atoms with Crippen molar-refractivity contribution in [1.82, 2.24) is 20.0 Å². The molecule has 2 heterocycles. The van der Waals surface area contributed by atoms with Crippen LogP contribution in [0.4, 0.5) is 18.0 Å². The molecular weight excluding hydrogens is 373 g/mol. The molecule has 1 aliphatic rings. The minimum absolute atomic E-state index is 0.136. The van der Waals surface area contributed by atoms with Gasteiger partial charge in [0.05, 0.1) is 18.2 Å². The molecule has 0 saturated carbocycles. The summed E-state index contributed by atoms with van der Waals surface area (Å²) in [5.74, 6) is 0. The monoisotopic (exact) mass is 394 g/mol. The van der Waals surface area contributed by atoms with Crippen LogP contribution in [0, 0.1) is 6.92 Å². The fourth-order valence-corrected chi connectivity index (χ4v) is 3.35. The number of carbonyl (C=O) groups excluding carboxylic acids is 1. The van der Waals surface area contributed by atoms with Crippen LogP contribution in [0.2, 0.25) is 0 Å². The number of aromatic nitrogens is 2. The first-order valence-corrected chi connectivity index (χ1v) is 8.88. The van der Waals surface area contributed by atoms with Crippen molar-refractivity contribution >= 4 is 6.03 Å². The summed E-state index contributed by atoms with van der Waals surface area (Å²) in [5, 5.41) is 6.69. The molecule has 0 bridgehead atoms. The number of nitrogens with zero attached hydrogens (tertiary/aromatic N) is 3. The Hall–Kier alpha value is -2.84. The molecule has 0 radical (unpaired) electrons. The maximum atomic E-state index is 13.1.